The number of carbonyl (C=O) groups is 1. The third kappa shape index (κ3) is 59.7. The van der Waals surface area contributed by atoms with Gasteiger partial charge in [0.2, 0.25) is 5.91 Å². The summed E-state index contributed by atoms with van der Waals surface area (Å²) in [5.41, 5.74) is 0. The predicted octanol–water partition coefficient (Wildman–Crippen LogP) is 20.0. The third-order valence-corrected chi connectivity index (χ3v) is 15.4. The smallest absolute Gasteiger partial charge is 0.387 e. The second-order valence-corrected chi connectivity index (χ2v) is 24.6. The molecule has 0 spiro atoms. The van der Waals surface area contributed by atoms with Crippen molar-refractivity contribution in [2.75, 3.05) is 40.9 Å². The van der Waals surface area contributed by atoms with Crippen LogP contribution in [0.1, 0.15) is 303 Å². The average Bonchev–Trinajstić information content (AvgIpc) is 3.37. The number of nitrogens with zero attached hydrogens (tertiary/aromatic N) is 1. The van der Waals surface area contributed by atoms with Crippen molar-refractivity contribution in [2.45, 2.75) is 315 Å². The summed E-state index contributed by atoms with van der Waals surface area (Å²) in [4.78, 5) is 23.3. The van der Waals surface area contributed by atoms with E-state index in [0.29, 0.717) is 17.4 Å². The quantitative estimate of drug-likeness (QED) is 0.0243. The molecule has 0 saturated carbocycles. The van der Waals surface area contributed by atoms with Crippen LogP contribution in [0.3, 0.4) is 0 Å². The second-order valence-electron chi connectivity index (χ2n) is 23.1. The molecule has 3 atom stereocenters. The Hall–Kier alpha value is -1.80. The Morgan fingerprint density at radius 3 is 1.15 bits per heavy atom. The highest BCUT2D eigenvalue weighted by Crippen LogP contribution is 2.43. The molecule has 0 aromatic heterocycles. The van der Waals surface area contributed by atoms with Crippen LogP contribution in [0.4, 0.5) is 0 Å². The molecule has 0 aromatic rings. The highest BCUT2D eigenvalue weighted by molar-refractivity contribution is 7.47. The lowest BCUT2D eigenvalue weighted by molar-refractivity contribution is -0.870. The van der Waals surface area contributed by atoms with Crippen LogP contribution in [-0.2, 0) is 18.4 Å². The Kier molecular flexibility index (Phi) is 55.5. The van der Waals surface area contributed by atoms with Gasteiger partial charge in [0.15, 0.2) is 0 Å². The van der Waals surface area contributed by atoms with Gasteiger partial charge in [-0.15, -0.1) is 0 Å². The normalized spacial score (nSPS) is 14.2. The number of phosphoric ester groups is 1. The first-order chi connectivity index (χ1) is 36.5. The molecule has 0 aliphatic rings. The van der Waals surface area contributed by atoms with Gasteiger partial charge in [0, 0.05) is 6.42 Å². The summed E-state index contributed by atoms with van der Waals surface area (Å²) in [6.07, 6.45) is 77.8. The largest absolute Gasteiger partial charge is 0.472 e. The molecule has 0 radical (unpaired) electrons. The summed E-state index contributed by atoms with van der Waals surface area (Å²) in [5.74, 6) is -0.191. The molecule has 8 nitrogen and oxygen atoms in total. The van der Waals surface area contributed by atoms with Crippen LogP contribution >= 0.6 is 7.82 Å². The van der Waals surface area contributed by atoms with E-state index < -0.39 is 20.0 Å². The number of unbranched alkanes of at least 4 members (excludes halogenated alkanes) is 38. The molecule has 0 heterocycles. The maximum Gasteiger partial charge on any atom is 0.472 e. The molecule has 0 fully saturated rings. The van der Waals surface area contributed by atoms with E-state index in [1.807, 2.05) is 27.2 Å². The fraction of sp³-hybridized carbons (Fsp3) is 0.833. The molecule has 440 valence electrons. The Bertz CT molecular complexity index is 1400. The number of allylic oxidation sites excluding steroid dienone is 9. The van der Waals surface area contributed by atoms with Crippen LogP contribution in [0.5, 0.6) is 0 Å². The monoisotopic (exact) mass is 1070 g/mol. The Labute approximate surface area is 466 Å². The highest BCUT2D eigenvalue weighted by Gasteiger charge is 2.27. The van der Waals surface area contributed by atoms with Crippen molar-refractivity contribution >= 4 is 13.7 Å². The lowest BCUT2D eigenvalue weighted by atomic mass is 10.0. The number of phosphoric acid groups is 1. The number of carbonyl (C=O) groups excluding carboxylic acids is 1. The summed E-state index contributed by atoms with van der Waals surface area (Å²) in [6, 6.07) is -0.874. The number of rotatable bonds is 59. The zero-order valence-electron chi connectivity index (χ0n) is 50.3. The molecular formula is C66H126N2O6P+. The molecule has 0 aliphatic heterocycles. The van der Waals surface area contributed by atoms with E-state index in [2.05, 4.69) is 67.8 Å². The van der Waals surface area contributed by atoms with Gasteiger partial charge < -0.3 is 19.8 Å². The SMILES string of the molecule is CCCCCCC/C=C\C/C=C\CCCCCCCCCCCCCC(=O)NC(COP(=O)(O)OCC[N+](C)(C)C)C(O)/C=C/CC/C=C/CC/C=C/CCCCCCCCCCCCCCCCCCCCCC. The number of aliphatic hydroxyl groups is 1. The van der Waals surface area contributed by atoms with Crippen molar-refractivity contribution in [2.24, 2.45) is 0 Å². The van der Waals surface area contributed by atoms with Crippen molar-refractivity contribution in [1.82, 2.24) is 5.32 Å². The Balaban J connectivity index is 4.20. The molecular weight excluding hydrogens is 948 g/mol. The van der Waals surface area contributed by atoms with Gasteiger partial charge in [0.05, 0.1) is 39.9 Å². The average molecular weight is 1070 g/mol. The fourth-order valence-corrected chi connectivity index (χ4v) is 10.1. The van der Waals surface area contributed by atoms with E-state index in [1.54, 1.807) is 6.08 Å². The van der Waals surface area contributed by atoms with Crippen molar-refractivity contribution in [1.29, 1.82) is 0 Å². The van der Waals surface area contributed by atoms with Crippen molar-refractivity contribution in [3.63, 3.8) is 0 Å². The van der Waals surface area contributed by atoms with Crippen molar-refractivity contribution < 1.29 is 32.9 Å². The maximum absolute atomic E-state index is 13.0. The van der Waals surface area contributed by atoms with Crippen LogP contribution < -0.4 is 5.32 Å². The Morgan fingerprint density at radius 2 is 0.773 bits per heavy atom. The highest BCUT2D eigenvalue weighted by atomic mass is 31.2. The minimum absolute atomic E-state index is 0.0518. The standard InChI is InChI=1S/C66H125N2O6P/c1-6-8-10-12-14-16-18-20-22-24-26-28-30-31-32-33-34-35-36-38-39-41-43-45-47-49-51-53-55-57-59-65(69)64(63-74-75(71,72)73-62-61-68(3,4)5)67-66(70)60-58-56-54-52-50-48-46-44-42-40-37-29-27-25-23-21-19-17-15-13-11-9-7-2/h19,21,25,27,41,43,49,51,57,59,64-65,69H,6-18,20,22-24,26,28-40,42,44-48,50,52-56,58,60-63H2,1-5H3,(H-,67,70,71,72)/p+1/b21-19-,27-25-,43-41+,51-49+,59-57+. The zero-order chi connectivity index (χ0) is 54.9. The summed E-state index contributed by atoms with van der Waals surface area (Å²) >= 11 is 0. The van der Waals surface area contributed by atoms with Gasteiger partial charge in [0.1, 0.15) is 13.2 Å². The topological polar surface area (TPSA) is 105 Å². The molecule has 3 unspecified atom stereocenters. The van der Waals surface area contributed by atoms with Crippen LogP contribution in [0, 0.1) is 0 Å². The minimum atomic E-state index is -4.37. The second kappa shape index (κ2) is 56.9. The van der Waals surface area contributed by atoms with Gasteiger partial charge in [-0.3, -0.25) is 13.8 Å². The van der Waals surface area contributed by atoms with E-state index in [-0.39, 0.29) is 19.1 Å². The van der Waals surface area contributed by atoms with Gasteiger partial charge in [0.25, 0.3) is 0 Å². The first-order valence-corrected chi connectivity index (χ1v) is 33.7. The number of nitrogens with one attached hydrogen (secondary N) is 1. The number of likely N-dealkylation sites (N-methyl/N-ethyl adjacent to an activating group) is 1. The van der Waals surface area contributed by atoms with Gasteiger partial charge in [-0.25, -0.2) is 4.57 Å². The summed E-state index contributed by atoms with van der Waals surface area (Å²) < 4.78 is 23.7. The third-order valence-electron chi connectivity index (χ3n) is 14.4. The van der Waals surface area contributed by atoms with E-state index in [4.69, 9.17) is 9.05 Å². The van der Waals surface area contributed by atoms with Gasteiger partial charge in [-0.1, -0.05) is 280 Å². The molecule has 0 saturated heterocycles. The van der Waals surface area contributed by atoms with Gasteiger partial charge in [-0.2, -0.15) is 0 Å². The van der Waals surface area contributed by atoms with E-state index >= 15 is 0 Å². The molecule has 0 aromatic carbocycles. The van der Waals surface area contributed by atoms with Crippen LogP contribution in [0.25, 0.3) is 0 Å². The van der Waals surface area contributed by atoms with Crippen LogP contribution in [0.2, 0.25) is 0 Å². The fourth-order valence-electron chi connectivity index (χ4n) is 9.40. The van der Waals surface area contributed by atoms with E-state index in [9.17, 15) is 19.4 Å². The molecule has 3 N–H and O–H groups in total. The molecule has 0 bridgehead atoms. The van der Waals surface area contributed by atoms with Gasteiger partial charge in [-0.05, 0) is 77.0 Å². The van der Waals surface area contributed by atoms with E-state index in [0.717, 1.165) is 51.4 Å². The number of quaternary nitrogens is 1. The number of hydrogen-bond acceptors (Lipinski definition) is 5. The van der Waals surface area contributed by atoms with Crippen LogP contribution in [-0.4, -0.2) is 73.4 Å². The molecule has 75 heavy (non-hydrogen) atoms. The number of aliphatic hydroxyl groups excluding tert-OH is 1. The molecule has 1 amide bonds. The predicted molar refractivity (Wildman–Crippen MR) is 327 cm³/mol. The molecule has 9 heteroatoms. The van der Waals surface area contributed by atoms with Crippen molar-refractivity contribution in [3.8, 4) is 0 Å². The number of hydrogen-bond donors (Lipinski definition) is 3. The van der Waals surface area contributed by atoms with Crippen molar-refractivity contribution in [3.05, 3.63) is 60.8 Å². The van der Waals surface area contributed by atoms with Gasteiger partial charge >= 0.3 is 7.82 Å². The first kappa shape index (κ1) is 73.2. The number of amides is 1. The molecule has 0 rings (SSSR count). The summed E-state index contributed by atoms with van der Waals surface area (Å²) in [5, 5.41) is 13.9. The lowest BCUT2D eigenvalue weighted by Gasteiger charge is -2.25. The molecule has 0 aliphatic carbocycles. The van der Waals surface area contributed by atoms with E-state index in [1.165, 1.54) is 231 Å². The minimum Gasteiger partial charge on any atom is -0.387 e. The maximum atomic E-state index is 13.0. The Morgan fingerprint density at radius 1 is 0.453 bits per heavy atom. The van der Waals surface area contributed by atoms with Crippen LogP contribution in [0.15, 0.2) is 60.8 Å². The summed E-state index contributed by atoms with van der Waals surface area (Å²) in [6.45, 7) is 4.81. The summed E-state index contributed by atoms with van der Waals surface area (Å²) in [7, 11) is 1.55. The first-order valence-electron chi connectivity index (χ1n) is 32.2. The zero-order valence-corrected chi connectivity index (χ0v) is 51.2. The lowest BCUT2D eigenvalue weighted by Crippen LogP contribution is -2.45.